The van der Waals surface area contributed by atoms with Gasteiger partial charge in [-0.1, -0.05) is 0 Å². The molecule has 76 valence electrons. The van der Waals surface area contributed by atoms with E-state index in [1.165, 1.54) is 0 Å². The highest BCUT2D eigenvalue weighted by atomic mass is 35.5. The lowest BCUT2D eigenvalue weighted by molar-refractivity contribution is 0.107. The van der Waals surface area contributed by atoms with Crippen LogP contribution in [0, 0.1) is 5.82 Å². The van der Waals surface area contributed by atoms with Crippen LogP contribution in [-0.4, -0.2) is 10.2 Å². The van der Waals surface area contributed by atoms with E-state index in [0.29, 0.717) is 6.20 Å². The quantitative estimate of drug-likeness (QED) is 0.783. The Kier molecular flexibility index (Phi) is 2.95. The lowest BCUT2D eigenvalue weighted by Crippen LogP contribution is -2.08. The minimum absolute atomic E-state index is 0.480. The second-order valence-corrected chi connectivity index (χ2v) is 2.70. The highest BCUT2D eigenvalue weighted by molar-refractivity contribution is 6.68. The molecule has 14 heavy (non-hydrogen) atoms. The molecule has 0 aliphatic heterocycles. The van der Waals surface area contributed by atoms with Gasteiger partial charge in [-0.15, -0.1) is 0 Å². The summed E-state index contributed by atoms with van der Waals surface area (Å²) in [5, 5.41) is -1.23. The van der Waals surface area contributed by atoms with Gasteiger partial charge in [0.1, 0.15) is 5.69 Å². The Morgan fingerprint density at radius 2 is 2.14 bits per heavy atom. The smallest absolute Gasteiger partial charge is 0.282 e. The number of alkyl halides is 2. The molecule has 0 saturated heterocycles. The lowest BCUT2D eigenvalue weighted by Gasteiger charge is -2.06. The van der Waals surface area contributed by atoms with E-state index in [1.54, 1.807) is 0 Å². The molecule has 1 rings (SSSR count). The molecule has 0 spiro atoms. The van der Waals surface area contributed by atoms with Crippen LogP contribution in [-0.2, 0) is 0 Å². The van der Waals surface area contributed by atoms with Crippen molar-refractivity contribution in [3.05, 3.63) is 23.3 Å². The maximum Gasteiger partial charge on any atom is 0.282 e. The molecule has 0 unspecified atom stereocenters. The highest BCUT2D eigenvalue weighted by Gasteiger charge is 2.22. The predicted molar refractivity (Wildman–Crippen MR) is 43.7 cm³/mol. The Labute approximate surface area is 81.7 Å². The number of carbonyl (C=O) groups is 1. The summed E-state index contributed by atoms with van der Waals surface area (Å²) < 4.78 is 37.2. The Bertz CT molecular complexity index is 383. The van der Waals surface area contributed by atoms with Gasteiger partial charge in [0.2, 0.25) is 0 Å². The second-order valence-electron chi connectivity index (χ2n) is 2.35. The van der Waals surface area contributed by atoms with Gasteiger partial charge in [-0.05, 0) is 11.6 Å². The third-order valence-corrected chi connectivity index (χ3v) is 1.69. The summed E-state index contributed by atoms with van der Waals surface area (Å²) in [6, 6.07) is 0. The Morgan fingerprint density at radius 3 is 2.57 bits per heavy atom. The molecule has 3 nitrogen and oxygen atoms in total. The zero-order valence-corrected chi connectivity index (χ0v) is 7.36. The van der Waals surface area contributed by atoms with E-state index < -0.39 is 34.4 Å². The van der Waals surface area contributed by atoms with Crippen molar-refractivity contribution in [2.75, 3.05) is 5.73 Å². The van der Waals surface area contributed by atoms with Crippen molar-refractivity contribution >= 4 is 22.5 Å². The first kappa shape index (κ1) is 10.8. The van der Waals surface area contributed by atoms with Gasteiger partial charge in [0.15, 0.2) is 5.82 Å². The molecule has 0 aliphatic carbocycles. The first-order chi connectivity index (χ1) is 6.45. The van der Waals surface area contributed by atoms with Crippen LogP contribution >= 0.6 is 11.6 Å². The SMILES string of the molecule is Nc1c(C(F)F)ncc(F)c1C(=O)Cl. The van der Waals surface area contributed by atoms with Gasteiger partial charge < -0.3 is 5.73 Å². The lowest BCUT2D eigenvalue weighted by atomic mass is 10.2. The predicted octanol–water partition coefficient (Wildman–Crippen LogP) is 2.12. The molecular formula is C7H4ClF3N2O. The molecule has 0 saturated carbocycles. The van der Waals surface area contributed by atoms with E-state index in [1.807, 2.05) is 0 Å². The van der Waals surface area contributed by atoms with Crippen molar-refractivity contribution in [2.24, 2.45) is 0 Å². The minimum atomic E-state index is -2.98. The number of nitrogens with zero attached hydrogens (tertiary/aromatic N) is 1. The molecule has 1 aromatic rings. The van der Waals surface area contributed by atoms with Crippen LogP contribution in [0.3, 0.4) is 0 Å². The summed E-state index contributed by atoms with van der Waals surface area (Å²) in [5.41, 5.74) is 2.76. The number of rotatable bonds is 2. The van der Waals surface area contributed by atoms with Crippen molar-refractivity contribution in [1.29, 1.82) is 0 Å². The van der Waals surface area contributed by atoms with Gasteiger partial charge >= 0.3 is 0 Å². The first-order valence-electron chi connectivity index (χ1n) is 3.37. The number of nitrogen functional groups attached to an aromatic ring is 1. The highest BCUT2D eigenvalue weighted by Crippen LogP contribution is 2.27. The number of hydrogen-bond donors (Lipinski definition) is 1. The average Bonchev–Trinajstić information content (AvgIpc) is 2.02. The molecule has 2 N–H and O–H groups in total. The van der Waals surface area contributed by atoms with Crippen LogP contribution in [0.2, 0.25) is 0 Å². The molecule has 0 aromatic carbocycles. The fourth-order valence-electron chi connectivity index (χ4n) is 0.891. The fourth-order valence-corrected chi connectivity index (χ4v) is 1.08. The van der Waals surface area contributed by atoms with Gasteiger partial charge in [-0.25, -0.2) is 18.2 Å². The minimum Gasteiger partial charge on any atom is -0.396 e. The zero-order valence-electron chi connectivity index (χ0n) is 6.60. The Morgan fingerprint density at radius 1 is 1.57 bits per heavy atom. The van der Waals surface area contributed by atoms with Gasteiger partial charge in [-0.2, -0.15) is 0 Å². The van der Waals surface area contributed by atoms with Crippen LogP contribution in [0.5, 0.6) is 0 Å². The number of pyridine rings is 1. The van der Waals surface area contributed by atoms with Crippen molar-refractivity contribution < 1.29 is 18.0 Å². The summed E-state index contributed by atoms with van der Waals surface area (Å²) in [4.78, 5) is 13.7. The molecule has 1 aromatic heterocycles. The standard InChI is InChI=1S/C7H4ClF3N2O/c8-6(14)3-2(9)1-13-5(4(3)12)7(10)11/h1,7H,12H2. The monoisotopic (exact) mass is 224 g/mol. The van der Waals surface area contributed by atoms with Crippen LogP contribution in [0.25, 0.3) is 0 Å². The Balaban J connectivity index is 3.41. The van der Waals surface area contributed by atoms with Crippen LogP contribution < -0.4 is 5.73 Å². The number of nitrogens with two attached hydrogens (primary N) is 1. The molecule has 1 heterocycles. The number of hydrogen-bond acceptors (Lipinski definition) is 3. The third kappa shape index (κ3) is 1.79. The van der Waals surface area contributed by atoms with Gasteiger partial charge in [0.05, 0.1) is 17.4 Å². The number of aromatic nitrogens is 1. The largest absolute Gasteiger partial charge is 0.396 e. The Hall–Kier alpha value is -1.30. The second kappa shape index (κ2) is 3.83. The summed E-state index contributed by atoms with van der Waals surface area (Å²) in [7, 11) is 0. The molecule has 7 heteroatoms. The summed E-state index contributed by atoms with van der Waals surface area (Å²) >= 11 is 4.96. The van der Waals surface area contributed by atoms with E-state index in [2.05, 4.69) is 4.98 Å². The molecular weight excluding hydrogens is 221 g/mol. The van der Waals surface area contributed by atoms with E-state index >= 15 is 0 Å². The summed E-state index contributed by atoms with van der Waals surface area (Å²) in [6.45, 7) is 0. The summed E-state index contributed by atoms with van der Waals surface area (Å²) in [6.07, 6.45) is -2.50. The van der Waals surface area contributed by atoms with Crippen molar-refractivity contribution in [3.8, 4) is 0 Å². The topological polar surface area (TPSA) is 56.0 Å². The number of anilines is 1. The maximum absolute atomic E-state index is 12.9. The van der Waals surface area contributed by atoms with Crippen LogP contribution in [0.1, 0.15) is 22.5 Å². The van der Waals surface area contributed by atoms with Gasteiger partial charge in [0, 0.05) is 0 Å². The fraction of sp³-hybridized carbons (Fsp3) is 0.143. The first-order valence-corrected chi connectivity index (χ1v) is 3.74. The molecule has 0 atom stereocenters. The van der Waals surface area contributed by atoms with Crippen molar-refractivity contribution in [2.45, 2.75) is 6.43 Å². The molecule has 0 amide bonds. The third-order valence-electron chi connectivity index (χ3n) is 1.50. The maximum atomic E-state index is 12.9. The molecule has 0 radical (unpaired) electrons. The zero-order chi connectivity index (χ0) is 10.9. The van der Waals surface area contributed by atoms with E-state index in [0.717, 1.165) is 0 Å². The van der Waals surface area contributed by atoms with Crippen LogP contribution in [0.15, 0.2) is 6.20 Å². The van der Waals surface area contributed by atoms with Crippen molar-refractivity contribution in [3.63, 3.8) is 0 Å². The molecule has 0 fully saturated rings. The summed E-state index contributed by atoms with van der Waals surface area (Å²) in [5.74, 6) is -1.12. The van der Waals surface area contributed by atoms with E-state index in [9.17, 15) is 18.0 Å². The van der Waals surface area contributed by atoms with Crippen molar-refractivity contribution in [1.82, 2.24) is 4.98 Å². The molecule has 0 aliphatic rings. The number of carbonyl (C=O) groups excluding carboxylic acids is 1. The molecule has 0 bridgehead atoms. The van der Waals surface area contributed by atoms with Gasteiger partial charge in [-0.3, -0.25) is 4.79 Å². The van der Waals surface area contributed by atoms with Crippen LogP contribution in [0.4, 0.5) is 18.9 Å². The van der Waals surface area contributed by atoms with E-state index in [4.69, 9.17) is 17.3 Å². The average molecular weight is 225 g/mol. The number of halogens is 4. The van der Waals surface area contributed by atoms with E-state index in [-0.39, 0.29) is 0 Å². The van der Waals surface area contributed by atoms with Gasteiger partial charge in [0.25, 0.3) is 11.7 Å². The normalized spacial score (nSPS) is 10.6.